The minimum atomic E-state index is -4.07. The monoisotopic (exact) mass is 457 g/mol. The van der Waals surface area contributed by atoms with Crippen LogP contribution in [-0.2, 0) is 21.3 Å². The lowest BCUT2D eigenvalue weighted by Crippen LogP contribution is -2.59. The second-order valence-corrected chi connectivity index (χ2v) is 9.46. The van der Waals surface area contributed by atoms with Gasteiger partial charge in [-0.25, -0.2) is 21.9 Å². The van der Waals surface area contributed by atoms with E-state index in [4.69, 9.17) is 16.3 Å². The number of nitrogens with zero attached hydrogens (tertiary/aromatic N) is 1. The van der Waals surface area contributed by atoms with E-state index < -0.39 is 33.1 Å². The van der Waals surface area contributed by atoms with Gasteiger partial charge in [-0.2, -0.15) is 0 Å². The molecule has 30 heavy (non-hydrogen) atoms. The Bertz CT molecular complexity index is 1170. The normalized spacial score (nSPS) is 17.3. The van der Waals surface area contributed by atoms with Crippen molar-refractivity contribution in [1.82, 2.24) is 9.29 Å². The van der Waals surface area contributed by atoms with Gasteiger partial charge in [0.05, 0.1) is 29.5 Å². The van der Waals surface area contributed by atoms with Gasteiger partial charge in [0, 0.05) is 18.3 Å². The zero-order valence-electron chi connectivity index (χ0n) is 15.8. The van der Waals surface area contributed by atoms with Crippen LogP contribution in [-0.4, -0.2) is 37.6 Å². The van der Waals surface area contributed by atoms with Crippen LogP contribution < -0.4 is 10.0 Å². The molecule has 1 aromatic heterocycles. The third-order valence-corrected chi connectivity index (χ3v) is 7.07. The number of carbonyl (C=O) groups is 1. The van der Waals surface area contributed by atoms with Crippen LogP contribution in [0.25, 0.3) is 6.08 Å². The highest BCUT2D eigenvalue weighted by Crippen LogP contribution is 2.36. The van der Waals surface area contributed by atoms with Gasteiger partial charge in [0.1, 0.15) is 10.6 Å². The summed E-state index contributed by atoms with van der Waals surface area (Å²) in [6.45, 7) is 2.48. The van der Waals surface area contributed by atoms with Crippen LogP contribution in [0.3, 0.4) is 0 Å². The summed E-state index contributed by atoms with van der Waals surface area (Å²) in [6, 6.07) is 2.91. The number of carbonyl (C=O) groups excluding carboxylic acids is 1. The lowest BCUT2D eigenvalue weighted by Gasteiger charge is -2.38. The lowest BCUT2D eigenvalue weighted by atomic mass is 10.0. The maximum absolute atomic E-state index is 13.5. The Kier molecular flexibility index (Phi) is 5.21. The van der Waals surface area contributed by atoms with Crippen LogP contribution in [0, 0.1) is 11.6 Å². The molecule has 0 saturated carbocycles. The molecule has 1 aromatic carbocycles. The lowest BCUT2D eigenvalue weighted by molar-refractivity contribution is -0.0523. The molecule has 7 nitrogen and oxygen atoms in total. The maximum atomic E-state index is 13.5. The largest absolute Gasteiger partial charge is 0.377 e. The van der Waals surface area contributed by atoms with Crippen LogP contribution in [0.2, 0.25) is 5.02 Å². The van der Waals surface area contributed by atoms with Gasteiger partial charge in [0.15, 0.2) is 11.6 Å². The van der Waals surface area contributed by atoms with Gasteiger partial charge in [-0.15, -0.1) is 0 Å². The summed E-state index contributed by atoms with van der Waals surface area (Å²) in [4.78, 5) is 12.7. The number of halogens is 3. The Morgan fingerprint density at radius 3 is 2.63 bits per heavy atom. The van der Waals surface area contributed by atoms with Crippen molar-refractivity contribution in [2.24, 2.45) is 0 Å². The molecule has 11 heteroatoms. The Labute approximate surface area is 176 Å². The Hall–Kier alpha value is -2.27. The highest BCUT2D eigenvalue weighted by atomic mass is 35.5. The smallest absolute Gasteiger partial charge is 0.273 e. The molecule has 160 valence electrons. The molecule has 1 amide bonds. The molecule has 1 saturated heterocycles. The number of hydrogen-bond donors (Lipinski definition) is 2. The van der Waals surface area contributed by atoms with Crippen molar-refractivity contribution in [1.29, 1.82) is 0 Å². The van der Waals surface area contributed by atoms with E-state index in [1.54, 1.807) is 19.1 Å². The third kappa shape index (κ3) is 3.64. The van der Waals surface area contributed by atoms with E-state index in [0.717, 1.165) is 12.1 Å². The fourth-order valence-corrected chi connectivity index (χ4v) is 5.71. The maximum Gasteiger partial charge on any atom is 0.273 e. The summed E-state index contributed by atoms with van der Waals surface area (Å²) in [5, 5.41) is 2.20. The van der Waals surface area contributed by atoms with Gasteiger partial charge in [-0.1, -0.05) is 17.7 Å². The number of benzene rings is 1. The predicted molar refractivity (Wildman–Crippen MR) is 107 cm³/mol. The van der Waals surface area contributed by atoms with Crippen LogP contribution in [0.15, 0.2) is 29.2 Å². The third-order valence-electron chi connectivity index (χ3n) is 4.88. The van der Waals surface area contributed by atoms with Crippen molar-refractivity contribution >= 4 is 39.3 Å². The summed E-state index contributed by atoms with van der Waals surface area (Å²) in [7, 11) is -4.07. The van der Waals surface area contributed by atoms with Crippen LogP contribution in [0.1, 0.15) is 29.5 Å². The number of rotatable bonds is 5. The molecule has 0 spiro atoms. The average Bonchev–Trinajstić information content (AvgIpc) is 2.95. The van der Waals surface area contributed by atoms with Crippen molar-refractivity contribution in [2.45, 2.75) is 30.3 Å². The average molecular weight is 458 g/mol. The van der Waals surface area contributed by atoms with Gasteiger partial charge < -0.3 is 14.6 Å². The molecule has 2 aromatic rings. The highest BCUT2D eigenvalue weighted by molar-refractivity contribution is 7.89. The van der Waals surface area contributed by atoms with Crippen molar-refractivity contribution in [2.75, 3.05) is 18.5 Å². The van der Waals surface area contributed by atoms with E-state index in [0.29, 0.717) is 13.0 Å². The van der Waals surface area contributed by atoms with Crippen molar-refractivity contribution in [3.63, 3.8) is 0 Å². The minimum absolute atomic E-state index is 0.0125. The van der Waals surface area contributed by atoms with E-state index >= 15 is 0 Å². The molecule has 2 N–H and O–H groups in total. The molecule has 2 aliphatic rings. The van der Waals surface area contributed by atoms with Gasteiger partial charge in [0.2, 0.25) is 10.0 Å². The van der Waals surface area contributed by atoms with E-state index in [1.807, 2.05) is 0 Å². The first kappa shape index (κ1) is 21.0. The number of fused-ring (bicyclic) bond motifs is 1. The molecule has 4 rings (SSSR count). The number of hydrogen-bond acceptors (Lipinski definition) is 4. The molecule has 0 bridgehead atoms. The molecule has 3 heterocycles. The number of anilines is 1. The summed E-state index contributed by atoms with van der Waals surface area (Å²) in [5.41, 5.74) is -0.545. The van der Waals surface area contributed by atoms with Crippen molar-refractivity contribution < 1.29 is 26.7 Å². The molecule has 0 unspecified atom stereocenters. The van der Waals surface area contributed by atoms with Gasteiger partial charge in [0.25, 0.3) is 5.91 Å². The van der Waals surface area contributed by atoms with E-state index in [2.05, 4.69) is 10.0 Å². The SMILES string of the molecule is CC1(NS(=O)(=O)c2c(Cl)c(C(=O)Nc3ccc(F)c(F)c3)n3c2C=CCC3)COC1. The number of nitrogens with one attached hydrogen (secondary N) is 2. The van der Waals surface area contributed by atoms with Crippen LogP contribution in [0.5, 0.6) is 0 Å². The molecule has 1 fully saturated rings. The number of allylic oxidation sites excluding steroid dienone is 1. The fraction of sp³-hybridized carbons (Fsp3) is 0.316. The molecule has 0 atom stereocenters. The summed E-state index contributed by atoms with van der Waals surface area (Å²) >= 11 is 6.41. The van der Waals surface area contributed by atoms with Crippen LogP contribution >= 0.6 is 11.6 Å². The number of aromatic nitrogens is 1. The zero-order valence-corrected chi connectivity index (χ0v) is 17.4. The zero-order chi connectivity index (χ0) is 21.7. The summed E-state index contributed by atoms with van der Waals surface area (Å²) in [5.74, 6) is -2.91. The first-order chi connectivity index (χ1) is 14.1. The summed E-state index contributed by atoms with van der Waals surface area (Å²) < 4.78 is 62.0. The topological polar surface area (TPSA) is 89.4 Å². The Balaban J connectivity index is 1.75. The predicted octanol–water partition coefficient (Wildman–Crippen LogP) is 3.16. The van der Waals surface area contributed by atoms with Crippen molar-refractivity contribution in [3.05, 3.63) is 52.3 Å². The first-order valence-corrected chi connectivity index (χ1v) is 10.9. The van der Waals surface area contributed by atoms with E-state index in [1.165, 1.54) is 10.6 Å². The second-order valence-electron chi connectivity index (χ2n) is 7.46. The molecular weight excluding hydrogens is 440 g/mol. The van der Waals surface area contributed by atoms with Gasteiger partial charge in [-0.05, 0) is 31.6 Å². The first-order valence-electron chi connectivity index (χ1n) is 9.08. The number of amides is 1. The molecular formula is C19H18ClF2N3O4S. The quantitative estimate of drug-likeness (QED) is 0.721. The second kappa shape index (κ2) is 7.45. The Morgan fingerprint density at radius 2 is 2.00 bits per heavy atom. The summed E-state index contributed by atoms with van der Waals surface area (Å²) in [6.07, 6.45) is 3.95. The Morgan fingerprint density at radius 1 is 1.27 bits per heavy atom. The van der Waals surface area contributed by atoms with Gasteiger partial charge in [-0.3, -0.25) is 4.79 Å². The molecule has 0 radical (unpaired) electrons. The highest BCUT2D eigenvalue weighted by Gasteiger charge is 2.41. The van der Waals surface area contributed by atoms with Crippen molar-refractivity contribution in [3.8, 4) is 0 Å². The number of ether oxygens (including phenoxy) is 1. The molecule has 2 aliphatic heterocycles. The molecule has 0 aliphatic carbocycles. The van der Waals surface area contributed by atoms with E-state index in [9.17, 15) is 22.0 Å². The fourth-order valence-electron chi connectivity index (χ4n) is 3.46. The van der Waals surface area contributed by atoms with Crippen LogP contribution in [0.4, 0.5) is 14.5 Å². The minimum Gasteiger partial charge on any atom is -0.377 e. The number of sulfonamides is 1. The van der Waals surface area contributed by atoms with Gasteiger partial charge >= 0.3 is 0 Å². The van der Waals surface area contributed by atoms with E-state index in [-0.39, 0.29) is 40.2 Å². The standard InChI is InChI=1S/C19H18ClF2N3O4S/c1-19(9-29-10-19)24-30(27,28)17-14-4-2-3-7-25(14)16(15(17)20)18(26)23-11-5-6-12(21)13(22)8-11/h2,4-6,8,24H,3,7,9-10H2,1H3,(H,23,26).